The Kier molecular flexibility index (Phi) is 3.91. The maximum Gasteiger partial charge on any atom is 0.333 e. The molecule has 0 radical (unpaired) electrons. The van der Waals surface area contributed by atoms with E-state index in [1.54, 1.807) is 18.5 Å². The molecular formula is C10H16N8O2. The van der Waals surface area contributed by atoms with E-state index in [9.17, 15) is 10.1 Å². The topological polar surface area (TPSA) is 127 Å². The molecule has 0 bridgehead atoms. The molecule has 20 heavy (non-hydrogen) atoms. The van der Waals surface area contributed by atoms with Gasteiger partial charge in [-0.15, -0.1) is 10.2 Å². The van der Waals surface area contributed by atoms with Crippen LogP contribution in [0.1, 0.15) is 37.8 Å². The van der Waals surface area contributed by atoms with E-state index in [0.717, 1.165) is 6.42 Å². The number of H-pyrrole nitrogens is 1. The van der Waals surface area contributed by atoms with Crippen LogP contribution < -0.4 is 5.32 Å². The van der Waals surface area contributed by atoms with Crippen molar-refractivity contribution in [2.75, 3.05) is 5.32 Å². The number of nitrogens with zero attached hydrogens (tertiary/aromatic N) is 6. The minimum atomic E-state index is -0.431. The predicted octanol–water partition coefficient (Wildman–Crippen LogP) is 1.20. The monoisotopic (exact) mass is 280 g/mol. The van der Waals surface area contributed by atoms with Crippen LogP contribution >= 0.6 is 0 Å². The number of nitrogens with one attached hydrogen (secondary N) is 2. The maximum atomic E-state index is 11.2. The molecule has 2 aromatic heterocycles. The smallest absolute Gasteiger partial charge is 0.333 e. The molecule has 0 aliphatic carbocycles. The Balaban J connectivity index is 2.35. The van der Waals surface area contributed by atoms with Gasteiger partial charge in [0.2, 0.25) is 5.82 Å². The molecule has 10 nitrogen and oxygen atoms in total. The molecule has 0 fully saturated rings. The third-order valence-corrected chi connectivity index (χ3v) is 2.82. The fraction of sp³-hybridized carbons (Fsp3) is 0.600. The molecule has 0 amide bonds. The van der Waals surface area contributed by atoms with Gasteiger partial charge in [-0.05, 0) is 20.3 Å². The summed E-state index contributed by atoms with van der Waals surface area (Å²) in [4.78, 5) is 10.8. The van der Waals surface area contributed by atoms with E-state index in [2.05, 4.69) is 31.0 Å². The molecule has 0 spiro atoms. The third kappa shape index (κ3) is 2.58. The molecule has 2 heterocycles. The summed E-state index contributed by atoms with van der Waals surface area (Å²) < 4.78 is 1.60. The lowest BCUT2D eigenvalue weighted by Gasteiger charge is -2.12. The van der Waals surface area contributed by atoms with Crippen molar-refractivity contribution in [1.29, 1.82) is 0 Å². The first-order chi connectivity index (χ1) is 9.54. The van der Waals surface area contributed by atoms with E-state index in [4.69, 9.17) is 0 Å². The standard InChI is InChI=1S/C10H16N8O2/c1-4-5-17-10(8(18(19)20)6(2)14-17)11-7(3)9-12-15-16-13-9/h7,11H,4-5H2,1-3H3,(H,12,13,15,16). The van der Waals surface area contributed by atoms with Gasteiger partial charge in [-0.1, -0.05) is 12.1 Å². The summed E-state index contributed by atoms with van der Waals surface area (Å²) in [5.74, 6) is 0.799. The molecule has 108 valence electrons. The lowest BCUT2D eigenvalue weighted by molar-refractivity contribution is -0.384. The molecular weight excluding hydrogens is 264 g/mol. The van der Waals surface area contributed by atoms with Crippen LogP contribution in [0.25, 0.3) is 0 Å². The van der Waals surface area contributed by atoms with Gasteiger partial charge in [0.15, 0.2) is 5.82 Å². The second-order valence-corrected chi connectivity index (χ2v) is 4.40. The normalized spacial score (nSPS) is 12.3. The Labute approximate surface area is 114 Å². The highest BCUT2D eigenvalue weighted by atomic mass is 16.6. The lowest BCUT2D eigenvalue weighted by atomic mass is 10.3. The number of aromatic nitrogens is 6. The predicted molar refractivity (Wildman–Crippen MR) is 70.1 cm³/mol. The molecule has 2 N–H and O–H groups in total. The maximum absolute atomic E-state index is 11.2. The van der Waals surface area contributed by atoms with E-state index >= 15 is 0 Å². The number of tetrazole rings is 1. The fourth-order valence-corrected chi connectivity index (χ4v) is 1.93. The van der Waals surface area contributed by atoms with E-state index in [-0.39, 0.29) is 11.7 Å². The number of hydrogen-bond acceptors (Lipinski definition) is 7. The molecule has 2 aromatic rings. The van der Waals surface area contributed by atoms with Gasteiger partial charge in [0.1, 0.15) is 5.69 Å². The number of rotatable bonds is 6. The average molecular weight is 280 g/mol. The molecule has 0 aliphatic rings. The third-order valence-electron chi connectivity index (χ3n) is 2.82. The van der Waals surface area contributed by atoms with Gasteiger partial charge in [0.25, 0.3) is 0 Å². The Morgan fingerprint density at radius 3 is 2.85 bits per heavy atom. The number of hydrogen-bond donors (Lipinski definition) is 2. The van der Waals surface area contributed by atoms with Crippen LogP contribution in [0.3, 0.4) is 0 Å². The molecule has 1 unspecified atom stereocenters. The van der Waals surface area contributed by atoms with Crippen molar-refractivity contribution in [3.8, 4) is 0 Å². The largest absolute Gasteiger partial charge is 0.355 e. The first kappa shape index (κ1) is 13.9. The zero-order valence-corrected chi connectivity index (χ0v) is 11.5. The zero-order valence-electron chi connectivity index (χ0n) is 11.5. The quantitative estimate of drug-likeness (QED) is 0.600. The van der Waals surface area contributed by atoms with Crippen LogP contribution in [0.2, 0.25) is 0 Å². The van der Waals surface area contributed by atoms with Crippen molar-refractivity contribution in [2.45, 2.75) is 39.8 Å². The highest BCUT2D eigenvalue weighted by molar-refractivity contribution is 5.60. The van der Waals surface area contributed by atoms with E-state index in [1.165, 1.54) is 0 Å². The van der Waals surface area contributed by atoms with Gasteiger partial charge >= 0.3 is 5.69 Å². The van der Waals surface area contributed by atoms with Crippen LogP contribution in [0, 0.1) is 17.0 Å². The summed E-state index contributed by atoms with van der Waals surface area (Å²) in [7, 11) is 0. The summed E-state index contributed by atoms with van der Waals surface area (Å²) in [6.07, 6.45) is 0.823. The molecule has 0 saturated carbocycles. The van der Waals surface area contributed by atoms with Crippen LogP contribution in [0.5, 0.6) is 0 Å². The highest BCUT2D eigenvalue weighted by Crippen LogP contribution is 2.30. The van der Waals surface area contributed by atoms with Gasteiger partial charge < -0.3 is 5.32 Å². The Morgan fingerprint density at radius 2 is 2.30 bits per heavy atom. The fourth-order valence-electron chi connectivity index (χ4n) is 1.93. The van der Waals surface area contributed by atoms with Crippen molar-refractivity contribution in [1.82, 2.24) is 30.4 Å². The molecule has 2 rings (SSSR count). The molecule has 10 heteroatoms. The van der Waals surface area contributed by atoms with Gasteiger partial charge in [0.05, 0.1) is 11.0 Å². The number of aromatic amines is 1. The first-order valence-corrected chi connectivity index (χ1v) is 6.26. The molecule has 0 saturated heterocycles. The SMILES string of the molecule is CCCn1nc(C)c([N+](=O)[O-])c1NC(C)c1nn[nH]n1. The Morgan fingerprint density at radius 1 is 1.55 bits per heavy atom. The van der Waals surface area contributed by atoms with Gasteiger partial charge in [-0.25, -0.2) is 4.68 Å². The van der Waals surface area contributed by atoms with Crippen LogP contribution in [0.15, 0.2) is 0 Å². The van der Waals surface area contributed by atoms with Crippen molar-refractivity contribution in [2.24, 2.45) is 0 Å². The second kappa shape index (κ2) is 5.63. The van der Waals surface area contributed by atoms with Crippen LogP contribution in [0.4, 0.5) is 11.5 Å². The van der Waals surface area contributed by atoms with Crippen molar-refractivity contribution < 1.29 is 4.92 Å². The summed E-state index contributed by atoms with van der Waals surface area (Å²) in [5, 5.41) is 32.0. The number of aryl methyl sites for hydroxylation is 2. The summed E-state index contributed by atoms with van der Waals surface area (Å²) >= 11 is 0. The minimum Gasteiger partial charge on any atom is -0.355 e. The minimum absolute atomic E-state index is 0.0196. The number of anilines is 1. The van der Waals surface area contributed by atoms with E-state index in [1.807, 2.05) is 6.92 Å². The Bertz CT molecular complexity index is 591. The van der Waals surface area contributed by atoms with Crippen molar-refractivity contribution >= 4 is 11.5 Å². The van der Waals surface area contributed by atoms with E-state index < -0.39 is 4.92 Å². The van der Waals surface area contributed by atoms with Gasteiger partial charge in [0, 0.05) is 6.54 Å². The van der Waals surface area contributed by atoms with Crippen LogP contribution in [-0.2, 0) is 6.54 Å². The van der Waals surface area contributed by atoms with E-state index in [0.29, 0.717) is 23.9 Å². The molecule has 0 aliphatic heterocycles. The van der Waals surface area contributed by atoms with Gasteiger partial charge in [-0.3, -0.25) is 10.1 Å². The molecule has 1 atom stereocenters. The summed E-state index contributed by atoms with van der Waals surface area (Å²) in [6, 6.07) is -0.320. The van der Waals surface area contributed by atoms with Crippen molar-refractivity contribution in [3.05, 3.63) is 21.6 Å². The summed E-state index contributed by atoms with van der Waals surface area (Å²) in [6.45, 7) is 5.99. The summed E-state index contributed by atoms with van der Waals surface area (Å²) in [5.41, 5.74) is 0.361. The highest BCUT2D eigenvalue weighted by Gasteiger charge is 2.27. The first-order valence-electron chi connectivity index (χ1n) is 6.26. The van der Waals surface area contributed by atoms with Crippen LogP contribution in [-0.4, -0.2) is 35.3 Å². The Hall–Kier alpha value is -2.52. The van der Waals surface area contributed by atoms with Gasteiger partial charge in [-0.2, -0.15) is 10.3 Å². The lowest BCUT2D eigenvalue weighted by Crippen LogP contribution is -2.14. The van der Waals surface area contributed by atoms with Crippen molar-refractivity contribution in [3.63, 3.8) is 0 Å². The zero-order chi connectivity index (χ0) is 14.7. The average Bonchev–Trinajstić information content (AvgIpc) is 2.98. The second-order valence-electron chi connectivity index (χ2n) is 4.40. The molecule has 0 aromatic carbocycles. The number of nitro groups is 1.